The Morgan fingerprint density at radius 2 is 1.83 bits per heavy atom. The number of carboxylic acid groups (broad SMARTS) is 1. The third-order valence-corrected chi connectivity index (χ3v) is 6.37. The van der Waals surface area contributed by atoms with E-state index >= 15 is 0 Å². The number of fused-ring (bicyclic) bond motifs is 1. The van der Waals surface area contributed by atoms with Gasteiger partial charge in [-0.1, -0.05) is 44.2 Å². The van der Waals surface area contributed by atoms with Gasteiger partial charge in [-0.25, -0.2) is 0 Å². The number of benzene rings is 2. The summed E-state index contributed by atoms with van der Waals surface area (Å²) in [5.74, 6) is 0.591. The van der Waals surface area contributed by atoms with Crippen molar-refractivity contribution in [3.05, 3.63) is 58.1 Å². The summed E-state index contributed by atoms with van der Waals surface area (Å²) in [5.41, 5.74) is 5.09. The van der Waals surface area contributed by atoms with Gasteiger partial charge in [0.25, 0.3) is 0 Å². The van der Waals surface area contributed by atoms with E-state index in [1.54, 1.807) is 0 Å². The minimum Gasteiger partial charge on any atom is -0.550 e. The summed E-state index contributed by atoms with van der Waals surface area (Å²) >= 11 is 0. The third-order valence-electron chi connectivity index (χ3n) is 6.37. The Labute approximate surface area is 231 Å². The van der Waals surface area contributed by atoms with Crippen LogP contribution in [0.2, 0.25) is 0 Å². The normalized spacial score (nSPS) is 15.7. The van der Waals surface area contributed by atoms with E-state index in [1.807, 2.05) is 30.3 Å². The van der Waals surface area contributed by atoms with Crippen molar-refractivity contribution in [2.45, 2.75) is 97.1 Å². The molecule has 0 radical (unpaired) electrons. The molecule has 2 unspecified atom stereocenters. The van der Waals surface area contributed by atoms with Crippen molar-refractivity contribution in [1.29, 1.82) is 0 Å². The molecule has 0 spiro atoms. The van der Waals surface area contributed by atoms with Gasteiger partial charge >= 0.3 is 29.6 Å². The number of carbonyl (C=O) groups excluding carboxylic acids is 1. The largest absolute Gasteiger partial charge is 1.00 e. The molecule has 2 aromatic carbocycles. The van der Waals surface area contributed by atoms with Gasteiger partial charge in [0.15, 0.2) is 0 Å². The number of aliphatic hydroxyl groups is 2. The standard InChI is InChI=1S/C28H38O6.Na/c1-17(2)25-22(12-11-20(29)13-21(30)14-24(31)32)27-23(15-28(4,5)34-27)18(3)26(25)33-16-19-9-7-6-8-10-19;/h6-10,17,20-21,29-30H,11-16H2,1-5H3,(H,31,32);/q;+1/p-1. The summed E-state index contributed by atoms with van der Waals surface area (Å²) in [4.78, 5) is 10.7. The molecule has 0 amide bonds. The maximum atomic E-state index is 10.7. The van der Waals surface area contributed by atoms with E-state index in [1.165, 1.54) is 0 Å². The van der Waals surface area contributed by atoms with E-state index in [0.717, 1.165) is 45.7 Å². The average Bonchev–Trinajstić information content (AvgIpc) is 3.07. The molecule has 0 fully saturated rings. The maximum Gasteiger partial charge on any atom is 1.00 e. The second-order valence-electron chi connectivity index (χ2n) is 10.3. The van der Waals surface area contributed by atoms with Gasteiger partial charge in [0, 0.05) is 35.5 Å². The molecule has 1 aliphatic heterocycles. The Bertz CT molecular complexity index is 1000. The SMILES string of the molecule is Cc1c2c(c(CCC(O)CC(O)CC(=O)[O-])c(C(C)C)c1OCc1ccccc1)OC(C)(C)C2.[Na+]. The first-order chi connectivity index (χ1) is 16.0. The fourth-order valence-electron chi connectivity index (χ4n) is 4.82. The van der Waals surface area contributed by atoms with Crippen LogP contribution < -0.4 is 44.1 Å². The molecule has 186 valence electrons. The first-order valence-corrected chi connectivity index (χ1v) is 12.1. The molecule has 0 aliphatic carbocycles. The zero-order valence-corrected chi connectivity index (χ0v) is 23.9. The molecule has 2 N–H and O–H groups in total. The van der Waals surface area contributed by atoms with E-state index < -0.39 is 24.6 Å². The van der Waals surface area contributed by atoms with E-state index in [-0.39, 0.29) is 47.5 Å². The number of rotatable bonds is 11. The summed E-state index contributed by atoms with van der Waals surface area (Å²) in [6, 6.07) is 10.1. The molecule has 35 heavy (non-hydrogen) atoms. The summed E-state index contributed by atoms with van der Waals surface area (Å²) in [6.45, 7) is 10.9. The van der Waals surface area contributed by atoms with Crippen molar-refractivity contribution in [2.24, 2.45) is 0 Å². The Balaban J connectivity index is 0.00000432. The van der Waals surface area contributed by atoms with Crippen molar-refractivity contribution >= 4 is 5.97 Å². The Hall–Kier alpha value is -1.57. The van der Waals surface area contributed by atoms with Crippen LogP contribution in [0.3, 0.4) is 0 Å². The molecule has 1 heterocycles. The van der Waals surface area contributed by atoms with Crippen LogP contribution in [-0.4, -0.2) is 34.0 Å². The van der Waals surface area contributed by atoms with Gasteiger partial charge in [0.05, 0.1) is 12.2 Å². The number of hydrogen-bond acceptors (Lipinski definition) is 6. The van der Waals surface area contributed by atoms with E-state index in [9.17, 15) is 20.1 Å². The quantitative estimate of drug-likeness (QED) is 0.446. The van der Waals surface area contributed by atoms with E-state index in [4.69, 9.17) is 9.47 Å². The molecule has 2 aromatic rings. The number of aliphatic carboxylic acids is 1. The van der Waals surface area contributed by atoms with Crippen molar-refractivity contribution < 1.29 is 59.1 Å². The van der Waals surface area contributed by atoms with E-state index in [0.29, 0.717) is 19.4 Å². The second kappa shape index (κ2) is 12.6. The summed E-state index contributed by atoms with van der Waals surface area (Å²) < 4.78 is 12.8. The van der Waals surface area contributed by atoms with Crippen LogP contribution in [-0.2, 0) is 24.2 Å². The molecule has 2 atom stereocenters. The van der Waals surface area contributed by atoms with Gasteiger partial charge in [-0.15, -0.1) is 0 Å². The van der Waals surface area contributed by atoms with Gasteiger partial charge in [-0.3, -0.25) is 0 Å². The smallest absolute Gasteiger partial charge is 0.550 e. The number of aliphatic hydroxyl groups excluding tert-OH is 2. The van der Waals surface area contributed by atoms with Crippen LogP contribution in [0.25, 0.3) is 0 Å². The number of carbonyl (C=O) groups is 1. The molecule has 6 nitrogen and oxygen atoms in total. The van der Waals surface area contributed by atoms with Gasteiger partial charge in [0.2, 0.25) is 0 Å². The van der Waals surface area contributed by atoms with Crippen LogP contribution in [0.1, 0.15) is 80.7 Å². The molecule has 7 heteroatoms. The minimum absolute atomic E-state index is 0. The Morgan fingerprint density at radius 3 is 2.43 bits per heavy atom. The van der Waals surface area contributed by atoms with Crippen LogP contribution in [0, 0.1) is 6.92 Å². The molecule has 1 aliphatic rings. The fraction of sp³-hybridized carbons (Fsp3) is 0.536. The van der Waals surface area contributed by atoms with Gasteiger partial charge in [-0.05, 0) is 57.1 Å². The summed E-state index contributed by atoms with van der Waals surface area (Å²) in [7, 11) is 0. The molecular formula is C28H37NaO6. The zero-order valence-electron chi connectivity index (χ0n) is 21.9. The number of hydrogen-bond donors (Lipinski definition) is 2. The predicted molar refractivity (Wildman–Crippen MR) is 129 cm³/mol. The summed E-state index contributed by atoms with van der Waals surface area (Å²) in [5, 5.41) is 31.1. The number of ether oxygens (including phenoxy) is 2. The number of carboxylic acids is 1. The molecule has 0 bridgehead atoms. The topological polar surface area (TPSA) is 99.1 Å². The predicted octanol–water partition coefficient (Wildman–Crippen LogP) is 0.599. The first kappa shape index (κ1) is 29.7. The van der Waals surface area contributed by atoms with Crippen molar-refractivity contribution in [2.75, 3.05) is 0 Å². The van der Waals surface area contributed by atoms with Gasteiger partial charge in [-0.2, -0.15) is 0 Å². The molecule has 0 saturated carbocycles. The van der Waals surface area contributed by atoms with Crippen LogP contribution >= 0.6 is 0 Å². The van der Waals surface area contributed by atoms with Gasteiger partial charge in [0.1, 0.15) is 23.7 Å². The molecule has 0 saturated heterocycles. The van der Waals surface area contributed by atoms with Gasteiger partial charge < -0.3 is 29.6 Å². The van der Waals surface area contributed by atoms with Crippen LogP contribution in [0.5, 0.6) is 11.5 Å². The molecule has 3 rings (SSSR count). The third kappa shape index (κ3) is 7.70. The first-order valence-electron chi connectivity index (χ1n) is 12.1. The van der Waals surface area contributed by atoms with Crippen molar-refractivity contribution in [3.8, 4) is 11.5 Å². The average molecular weight is 493 g/mol. The van der Waals surface area contributed by atoms with Crippen molar-refractivity contribution in [3.63, 3.8) is 0 Å². The minimum atomic E-state index is -1.33. The maximum absolute atomic E-state index is 10.7. The monoisotopic (exact) mass is 492 g/mol. The fourth-order valence-corrected chi connectivity index (χ4v) is 4.82. The van der Waals surface area contributed by atoms with E-state index in [2.05, 4.69) is 34.6 Å². The Kier molecular flexibility index (Phi) is 10.7. The summed E-state index contributed by atoms with van der Waals surface area (Å²) in [6.07, 6.45) is -0.781. The second-order valence-corrected chi connectivity index (χ2v) is 10.3. The van der Waals surface area contributed by atoms with Crippen LogP contribution in [0.4, 0.5) is 0 Å². The molecule has 0 aromatic heterocycles. The zero-order chi connectivity index (χ0) is 25.0. The molecular weight excluding hydrogens is 455 g/mol. The van der Waals surface area contributed by atoms with Crippen LogP contribution in [0.15, 0.2) is 30.3 Å². The Morgan fingerprint density at radius 1 is 1.17 bits per heavy atom. The van der Waals surface area contributed by atoms with Crippen molar-refractivity contribution in [1.82, 2.24) is 0 Å².